The molecule has 0 fully saturated rings. The van der Waals surface area contributed by atoms with Gasteiger partial charge in [0.15, 0.2) is 0 Å². The van der Waals surface area contributed by atoms with Gasteiger partial charge in [0.05, 0.1) is 62.2 Å². The van der Waals surface area contributed by atoms with Gasteiger partial charge in [-0.3, -0.25) is 0 Å². The van der Waals surface area contributed by atoms with Crippen LogP contribution in [0.15, 0.2) is 167 Å². The van der Waals surface area contributed by atoms with Gasteiger partial charge in [-0.1, -0.05) is 111 Å². The zero-order valence-corrected chi connectivity index (χ0v) is 75.9. The van der Waals surface area contributed by atoms with Gasteiger partial charge in [0.2, 0.25) is 0 Å². The number of aryl methyl sites for hydroxylation is 5. The smallest absolute Gasteiger partial charge is 0.574 e. The van der Waals surface area contributed by atoms with Gasteiger partial charge >= 0.3 is 115 Å². The quantitative estimate of drug-likeness (QED) is 0.127. The number of hydrogen-bond donors (Lipinski definition) is 0. The summed E-state index contributed by atoms with van der Waals surface area (Å²) in [6.45, 7) is 23.0. The molecule has 0 aliphatic heterocycles. The minimum Gasteiger partial charge on any atom is -0.574 e. The van der Waals surface area contributed by atoms with E-state index in [-0.39, 0.29) is 118 Å². The van der Waals surface area contributed by atoms with Crippen LogP contribution >= 0.6 is 0 Å². The van der Waals surface area contributed by atoms with Crippen molar-refractivity contribution in [1.29, 1.82) is 0 Å². The van der Waals surface area contributed by atoms with Gasteiger partial charge in [0.1, 0.15) is 62.0 Å². The van der Waals surface area contributed by atoms with Crippen molar-refractivity contribution in [2.45, 2.75) is 125 Å². The summed E-state index contributed by atoms with van der Waals surface area (Å²) >= 11 is 0. The molecule has 0 saturated carbocycles. The van der Waals surface area contributed by atoms with E-state index in [1.54, 1.807) is 45.6 Å². The van der Waals surface area contributed by atoms with Crippen LogP contribution in [0.2, 0.25) is 0 Å². The Morgan fingerprint density at radius 3 is 0.675 bits per heavy atom. The fraction of sp³-hybridized carbons (Fsp3) is 0.253. The molecule has 0 N–H and O–H groups in total. The number of rotatable bonds is 8. The maximum Gasteiger partial charge on any atom is 2.00 e. The number of hydrogen-bond acceptors (Lipinski definition) is 24. The molecule has 0 aromatic carbocycles. The molecule has 51 heteroatoms. The van der Waals surface area contributed by atoms with Crippen LogP contribution in [0, 0.1) is 41.5 Å². The molecule has 126 heavy (non-hydrogen) atoms. The minimum atomic E-state index is -5.25. The Bertz CT molecular complexity index is 5470. The first kappa shape index (κ1) is 105. The van der Waals surface area contributed by atoms with Gasteiger partial charge < -0.3 is 81.6 Å². The van der Waals surface area contributed by atoms with E-state index >= 15 is 0 Å². The molecule has 0 atom stereocenters. The van der Waals surface area contributed by atoms with Crippen LogP contribution in [-0.2, 0) is 126 Å². The molecule has 668 valence electrons. The Labute approximate surface area is 762 Å². The molecule has 0 spiro atoms. The van der Waals surface area contributed by atoms with Crippen molar-refractivity contribution < 1.29 is 150 Å². The first-order chi connectivity index (χ1) is 57.5. The van der Waals surface area contributed by atoms with E-state index in [0.29, 0.717) is 0 Å². The van der Waals surface area contributed by atoms with Gasteiger partial charge in [0, 0.05) is 94.1 Å². The molecule has 0 aliphatic carbocycles. The topological polar surface area (TPSA) is 422 Å². The number of halogens is 15. The Balaban J connectivity index is 0.000000256. The van der Waals surface area contributed by atoms with Crippen molar-refractivity contribution in [1.82, 2.24) is 161 Å². The van der Waals surface area contributed by atoms with E-state index in [1.807, 2.05) is 96.1 Å². The predicted molar refractivity (Wildman–Crippen MR) is 399 cm³/mol. The summed E-state index contributed by atoms with van der Waals surface area (Å²) in [7, 11) is 0. The van der Waals surface area contributed by atoms with Crippen molar-refractivity contribution >= 4 is 0 Å². The first-order valence-electron chi connectivity index (χ1n) is 35.0. The predicted octanol–water partition coefficient (Wildman–Crippen LogP) is 13.5. The van der Waals surface area contributed by atoms with E-state index in [9.17, 15) is 65.9 Å². The Kier molecular flexibility index (Phi) is 38.0. The monoisotopic (exact) mass is 2480 g/mol. The summed E-state index contributed by atoms with van der Waals surface area (Å²) in [5.41, 5.74) is 2.34. The first-order valence-corrected chi connectivity index (χ1v) is 35.0. The van der Waals surface area contributed by atoms with E-state index < -0.39 is 75.8 Å². The van der Waals surface area contributed by atoms with Crippen LogP contribution in [0.4, 0.5) is 65.9 Å². The van der Waals surface area contributed by atoms with Crippen LogP contribution in [0.25, 0.3) is 91.1 Å². The third-order valence-corrected chi connectivity index (χ3v) is 15.5. The summed E-state index contributed by atoms with van der Waals surface area (Å²) in [5.74, 6) is 0. The summed E-state index contributed by atoms with van der Waals surface area (Å²) in [6.07, 6.45) is -4.63. The molecule has 0 aliphatic rings. The van der Waals surface area contributed by atoms with Gasteiger partial charge in [-0.05, 0) is 95.6 Å². The number of aromatic nitrogens is 32. The maximum atomic E-state index is 13.2. The van der Waals surface area contributed by atoms with Gasteiger partial charge in [0.25, 0.3) is 0 Å². The normalized spacial score (nSPS) is 11.2. The van der Waals surface area contributed by atoms with Crippen molar-refractivity contribution in [2.75, 3.05) is 0 Å². The van der Waals surface area contributed by atoms with Crippen LogP contribution in [0.1, 0.15) is 115 Å². The fourth-order valence-electron chi connectivity index (χ4n) is 10.2. The fourth-order valence-corrected chi connectivity index (χ4v) is 10.2. The van der Waals surface area contributed by atoms with Gasteiger partial charge in [-0.25, -0.2) is 79.7 Å². The van der Waals surface area contributed by atoms with Crippen molar-refractivity contribution in [3.05, 3.63) is 240 Å². The second-order valence-electron chi connectivity index (χ2n) is 27.0. The van der Waals surface area contributed by atoms with Gasteiger partial charge in [-0.15, -0.1) is 0 Å². The SMILES string of the molecule is CC(C)(C)c1n[n-]c(-c2ccncn2)c1C(F)(F)F.Cc1c(C(C)(C)C)n[n-]c1-c1ccncn1.Cc1cc(-c2cc(C)n[n-]2)ncn1.Cc1cc(-c2ccncn2)[n-]n1.Cc1cc(-c2ccncn2)[n-]n1.Cc1cc(-c2ccncn2)[n-]n1.FC(F)(F)c1n[n-]c(-c2ccncn2)c1C(F)(F)F.FC(F)(F)c1n[n-]c(-c2ccncn2)c1C(F)(F)F.[Pt+2].[Pt+2].[Pt+2].[Pt+2]. The molecular weight excluding hydrogens is 2410 g/mol. The zero-order valence-electron chi connectivity index (χ0n) is 66.8. The van der Waals surface area contributed by atoms with E-state index in [2.05, 4.69) is 182 Å². The van der Waals surface area contributed by atoms with Crippen LogP contribution < -0.4 is 40.8 Å². The van der Waals surface area contributed by atoms with E-state index in [0.717, 1.165) is 134 Å². The summed E-state index contributed by atoms with van der Waals surface area (Å²) in [6, 6.07) is 20.2. The van der Waals surface area contributed by atoms with E-state index in [1.165, 1.54) is 50.2 Å². The van der Waals surface area contributed by atoms with Crippen LogP contribution in [0.3, 0.4) is 0 Å². The maximum absolute atomic E-state index is 13.2. The molecule has 16 aromatic rings. The largest absolute Gasteiger partial charge is 2.00 e. The second-order valence-corrected chi connectivity index (χ2v) is 27.0. The molecule has 0 radical (unpaired) electrons. The molecule has 0 amide bonds. The molecule has 16 aromatic heterocycles. The van der Waals surface area contributed by atoms with Crippen LogP contribution in [0.5, 0.6) is 0 Å². The third-order valence-electron chi connectivity index (χ3n) is 15.5. The average molecular weight is 2480 g/mol. The molecule has 16 rings (SSSR count). The third kappa shape index (κ3) is 29.6. The van der Waals surface area contributed by atoms with Gasteiger partial charge in [-0.2, -0.15) is 65.9 Å². The molecule has 32 nitrogen and oxygen atoms in total. The number of alkyl halides is 15. The molecular formula is C75H63F15N32Pt4. The molecule has 0 saturated heterocycles. The summed E-state index contributed by atoms with van der Waals surface area (Å²) in [5, 5.41) is 58.2. The van der Waals surface area contributed by atoms with Crippen molar-refractivity contribution in [2.24, 2.45) is 0 Å². The Hall–Kier alpha value is -12.0. The number of nitrogens with zero attached hydrogens (tertiary/aromatic N) is 32. The average Bonchev–Trinajstić information content (AvgIpc) is 1.60. The molecule has 16 heterocycles. The second kappa shape index (κ2) is 45.8. The van der Waals surface area contributed by atoms with Crippen molar-refractivity contribution in [3.8, 4) is 91.1 Å². The summed E-state index contributed by atoms with van der Waals surface area (Å²) in [4.78, 5) is 61.1. The van der Waals surface area contributed by atoms with E-state index in [4.69, 9.17) is 0 Å². The standard InChI is InChI=1S/C12H12F3N4.C12H15N4.2C9H3F6N4.C9H9N4.3C8H7N4.4Pt/c1-11(2,3)10-8(12(13,14)15)9(18-19-10)7-4-5-16-6-17-7;1-8-10(9-5-6-13-7-14-9)15-16-11(8)12(2,3)4;2*10-8(11,12)5-6(4-1-2-16-3-17-4)18-19-7(5)9(13,14)15;1-6-3-8(11-5-10-6)9-4-7(2)12-13-9;3*1-6-4-8(12-11-6)7-2-3-9-5-10-7;;;;/h4-6H,1-3H3;5-7H,1-4H3;2*1-3H;3-5H,1-2H3;3*2-5H,1H3;;;;/q8*-1;4*+2. The molecule has 0 bridgehead atoms. The minimum absolute atomic E-state index is 0. The zero-order chi connectivity index (χ0) is 89.0. The van der Waals surface area contributed by atoms with Crippen molar-refractivity contribution in [3.63, 3.8) is 0 Å². The summed E-state index contributed by atoms with van der Waals surface area (Å²) < 4.78 is 191. The molecule has 0 unspecified atom stereocenters. The Morgan fingerprint density at radius 2 is 0.452 bits per heavy atom. The van der Waals surface area contributed by atoms with Crippen LogP contribution in [-0.4, -0.2) is 121 Å². The Morgan fingerprint density at radius 1 is 0.222 bits per heavy atom.